The van der Waals surface area contributed by atoms with Gasteiger partial charge in [0.25, 0.3) is 0 Å². The molecule has 1 heterocycles. The van der Waals surface area contributed by atoms with Crippen molar-refractivity contribution in [2.45, 2.75) is 25.8 Å². The van der Waals surface area contributed by atoms with Gasteiger partial charge >= 0.3 is 0 Å². The van der Waals surface area contributed by atoms with Crippen molar-refractivity contribution in [1.29, 1.82) is 0 Å². The normalized spacial score (nSPS) is 12.1. The minimum Gasteiger partial charge on any atom is -0.328 e. The van der Waals surface area contributed by atoms with E-state index in [-0.39, 0.29) is 11.9 Å². The first kappa shape index (κ1) is 13.2. The Morgan fingerprint density at radius 3 is 2.53 bits per heavy atom. The molecule has 3 N–H and O–H groups in total. The van der Waals surface area contributed by atoms with Gasteiger partial charge in [-0.05, 0) is 37.6 Å². The number of nitrogens with one attached hydrogen (secondary N) is 1. The van der Waals surface area contributed by atoms with Crippen LogP contribution in [-0.2, 0) is 4.79 Å². The minimum absolute atomic E-state index is 0.0257. The fourth-order valence-corrected chi connectivity index (χ4v) is 1.61. The van der Waals surface area contributed by atoms with E-state index in [1.165, 1.54) is 4.80 Å². The van der Waals surface area contributed by atoms with Crippen LogP contribution in [0, 0.1) is 0 Å². The number of rotatable bonds is 5. The molecule has 6 heteroatoms. The lowest BCUT2D eigenvalue weighted by Gasteiger charge is -2.07. The second-order valence-corrected chi connectivity index (χ2v) is 4.43. The second kappa shape index (κ2) is 6.10. The van der Waals surface area contributed by atoms with Crippen molar-refractivity contribution >= 4 is 11.6 Å². The summed E-state index contributed by atoms with van der Waals surface area (Å²) in [5.74, 6) is -0.0257. The van der Waals surface area contributed by atoms with E-state index in [1.807, 2.05) is 31.2 Å². The highest BCUT2D eigenvalue weighted by atomic mass is 16.1. The maximum Gasteiger partial charge on any atom is 0.224 e. The van der Waals surface area contributed by atoms with E-state index in [2.05, 4.69) is 15.5 Å². The van der Waals surface area contributed by atoms with Gasteiger partial charge in [-0.15, -0.1) is 0 Å². The monoisotopic (exact) mass is 259 g/mol. The number of aromatic nitrogens is 3. The van der Waals surface area contributed by atoms with E-state index in [0.29, 0.717) is 12.8 Å². The molecule has 1 atom stereocenters. The molecular formula is C13H17N5O. The Morgan fingerprint density at radius 2 is 1.95 bits per heavy atom. The van der Waals surface area contributed by atoms with Crippen LogP contribution in [-0.4, -0.2) is 26.9 Å². The van der Waals surface area contributed by atoms with Gasteiger partial charge < -0.3 is 11.1 Å². The van der Waals surface area contributed by atoms with E-state index in [1.54, 1.807) is 12.4 Å². The zero-order valence-electron chi connectivity index (χ0n) is 10.8. The number of benzene rings is 1. The van der Waals surface area contributed by atoms with Crippen LogP contribution in [0.3, 0.4) is 0 Å². The van der Waals surface area contributed by atoms with E-state index in [0.717, 1.165) is 11.4 Å². The highest BCUT2D eigenvalue weighted by Crippen LogP contribution is 2.12. The predicted molar refractivity (Wildman–Crippen MR) is 72.9 cm³/mol. The fourth-order valence-electron chi connectivity index (χ4n) is 1.61. The van der Waals surface area contributed by atoms with E-state index in [4.69, 9.17) is 5.73 Å². The summed E-state index contributed by atoms with van der Waals surface area (Å²) in [6.07, 6.45) is 4.34. The van der Waals surface area contributed by atoms with E-state index < -0.39 is 0 Å². The van der Waals surface area contributed by atoms with Gasteiger partial charge in [0.15, 0.2) is 0 Å². The van der Waals surface area contributed by atoms with Gasteiger partial charge in [0.1, 0.15) is 0 Å². The van der Waals surface area contributed by atoms with Crippen molar-refractivity contribution in [3.05, 3.63) is 36.7 Å². The lowest BCUT2D eigenvalue weighted by atomic mass is 10.2. The summed E-state index contributed by atoms with van der Waals surface area (Å²) < 4.78 is 0. The van der Waals surface area contributed by atoms with E-state index in [9.17, 15) is 4.79 Å². The molecule has 1 aromatic carbocycles. The minimum atomic E-state index is -0.0257. The molecule has 0 fully saturated rings. The highest BCUT2D eigenvalue weighted by molar-refractivity contribution is 5.90. The number of anilines is 1. The predicted octanol–water partition coefficient (Wildman–Crippen LogP) is 1.33. The summed E-state index contributed by atoms with van der Waals surface area (Å²) in [5.41, 5.74) is 7.21. The van der Waals surface area contributed by atoms with Gasteiger partial charge in [-0.2, -0.15) is 15.0 Å². The molecule has 0 bridgehead atoms. The molecule has 0 saturated carbocycles. The topological polar surface area (TPSA) is 85.8 Å². The Labute approximate surface area is 111 Å². The molecule has 0 aliphatic carbocycles. The van der Waals surface area contributed by atoms with E-state index >= 15 is 0 Å². The van der Waals surface area contributed by atoms with Crippen LogP contribution in [0.2, 0.25) is 0 Å². The van der Waals surface area contributed by atoms with Crippen LogP contribution in [0.5, 0.6) is 0 Å². The summed E-state index contributed by atoms with van der Waals surface area (Å²) in [4.78, 5) is 13.1. The van der Waals surface area contributed by atoms with Crippen molar-refractivity contribution in [2.75, 3.05) is 5.32 Å². The van der Waals surface area contributed by atoms with Crippen molar-refractivity contribution in [3.8, 4) is 5.69 Å². The first-order chi connectivity index (χ1) is 9.15. The van der Waals surface area contributed by atoms with Gasteiger partial charge in [-0.3, -0.25) is 4.79 Å². The molecule has 0 radical (unpaired) electrons. The molecule has 1 amide bonds. The summed E-state index contributed by atoms with van der Waals surface area (Å²) in [5, 5.41) is 10.9. The molecule has 6 nitrogen and oxygen atoms in total. The number of hydrogen-bond acceptors (Lipinski definition) is 4. The van der Waals surface area contributed by atoms with Gasteiger partial charge in [0, 0.05) is 18.2 Å². The number of nitrogens with zero attached hydrogens (tertiary/aromatic N) is 3. The lowest BCUT2D eigenvalue weighted by molar-refractivity contribution is -0.116. The molecule has 1 aromatic heterocycles. The van der Waals surface area contributed by atoms with Crippen molar-refractivity contribution in [3.63, 3.8) is 0 Å². The molecular weight excluding hydrogens is 242 g/mol. The van der Waals surface area contributed by atoms with Crippen molar-refractivity contribution < 1.29 is 4.79 Å². The quantitative estimate of drug-likeness (QED) is 0.848. The Kier molecular flexibility index (Phi) is 4.25. The number of nitrogens with two attached hydrogens (primary N) is 1. The Bertz CT molecular complexity index is 518. The third kappa shape index (κ3) is 3.89. The SMILES string of the molecule is CC(N)CCC(=O)Nc1ccc(-n2nccn2)cc1. The Hall–Kier alpha value is -2.21. The number of amides is 1. The molecule has 2 aromatic rings. The molecule has 0 saturated heterocycles. The summed E-state index contributed by atoms with van der Waals surface area (Å²) in [7, 11) is 0. The van der Waals surface area contributed by atoms with Crippen LogP contribution >= 0.6 is 0 Å². The Morgan fingerprint density at radius 1 is 1.32 bits per heavy atom. The van der Waals surface area contributed by atoms with Crippen molar-refractivity contribution in [2.24, 2.45) is 5.73 Å². The van der Waals surface area contributed by atoms with Gasteiger partial charge in [0.2, 0.25) is 5.91 Å². The van der Waals surface area contributed by atoms with Crippen LogP contribution < -0.4 is 11.1 Å². The van der Waals surface area contributed by atoms with Gasteiger partial charge in [-0.25, -0.2) is 0 Å². The summed E-state index contributed by atoms with van der Waals surface area (Å²) >= 11 is 0. The average molecular weight is 259 g/mol. The molecule has 100 valence electrons. The van der Waals surface area contributed by atoms with Crippen LogP contribution in [0.4, 0.5) is 5.69 Å². The average Bonchev–Trinajstić information content (AvgIpc) is 2.91. The third-order valence-corrected chi connectivity index (χ3v) is 2.63. The number of carbonyl (C=O) groups is 1. The van der Waals surface area contributed by atoms with Crippen LogP contribution in [0.25, 0.3) is 5.69 Å². The first-order valence-corrected chi connectivity index (χ1v) is 6.17. The standard InChI is InChI=1S/C13H17N5O/c1-10(14)2-7-13(19)17-11-3-5-12(6-4-11)18-15-8-9-16-18/h3-6,8-10H,2,7,14H2,1H3,(H,17,19). The van der Waals surface area contributed by atoms with Gasteiger partial charge in [-0.1, -0.05) is 0 Å². The second-order valence-electron chi connectivity index (χ2n) is 4.43. The number of hydrogen-bond donors (Lipinski definition) is 2. The third-order valence-electron chi connectivity index (χ3n) is 2.63. The summed E-state index contributed by atoms with van der Waals surface area (Å²) in [6, 6.07) is 7.38. The maximum absolute atomic E-state index is 11.6. The maximum atomic E-state index is 11.6. The molecule has 2 rings (SSSR count). The van der Waals surface area contributed by atoms with Gasteiger partial charge in [0.05, 0.1) is 18.1 Å². The fraction of sp³-hybridized carbons (Fsp3) is 0.308. The molecule has 19 heavy (non-hydrogen) atoms. The molecule has 0 aliphatic rings. The lowest BCUT2D eigenvalue weighted by Crippen LogP contribution is -2.19. The summed E-state index contributed by atoms with van der Waals surface area (Å²) in [6.45, 7) is 1.89. The zero-order valence-corrected chi connectivity index (χ0v) is 10.8. The molecule has 0 aliphatic heterocycles. The highest BCUT2D eigenvalue weighted by Gasteiger charge is 2.04. The largest absolute Gasteiger partial charge is 0.328 e. The van der Waals surface area contributed by atoms with Crippen molar-refractivity contribution in [1.82, 2.24) is 15.0 Å². The zero-order chi connectivity index (χ0) is 13.7. The molecule has 1 unspecified atom stereocenters. The Balaban J connectivity index is 1.94. The van der Waals surface area contributed by atoms with Crippen LogP contribution in [0.15, 0.2) is 36.7 Å². The molecule has 0 spiro atoms. The first-order valence-electron chi connectivity index (χ1n) is 6.17. The number of carbonyl (C=O) groups excluding carboxylic acids is 1. The van der Waals surface area contributed by atoms with Crippen LogP contribution in [0.1, 0.15) is 19.8 Å². The smallest absolute Gasteiger partial charge is 0.224 e.